The minimum absolute atomic E-state index is 0.0198. The van der Waals surface area contributed by atoms with Gasteiger partial charge in [-0.05, 0) is 42.8 Å². The van der Waals surface area contributed by atoms with Crippen LogP contribution in [0, 0.1) is 13.8 Å². The van der Waals surface area contributed by atoms with Gasteiger partial charge >= 0.3 is 0 Å². The van der Waals surface area contributed by atoms with Crippen molar-refractivity contribution < 1.29 is 4.79 Å². The van der Waals surface area contributed by atoms with E-state index in [0.29, 0.717) is 21.6 Å². The number of fused-ring (bicyclic) bond motifs is 2. The molecule has 5 nitrogen and oxygen atoms in total. The molecule has 0 bridgehead atoms. The van der Waals surface area contributed by atoms with Crippen molar-refractivity contribution in [1.29, 1.82) is 0 Å². The summed E-state index contributed by atoms with van der Waals surface area (Å²) >= 11 is 2.93. The maximum Gasteiger partial charge on any atom is 0.262 e. The van der Waals surface area contributed by atoms with Crippen molar-refractivity contribution in [2.24, 2.45) is 0 Å². The number of nitrogens with one attached hydrogen (secondary N) is 1. The Morgan fingerprint density at radius 3 is 2.73 bits per heavy atom. The number of carbonyl (C=O) groups excluding carboxylic acids is 1. The van der Waals surface area contributed by atoms with Gasteiger partial charge in [0.05, 0.1) is 16.3 Å². The lowest BCUT2D eigenvalue weighted by atomic mass is 10.0. The van der Waals surface area contributed by atoms with Crippen LogP contribution in [-0.4, -0.2) is 15.5 Å². The standard InChI is InChI=1S/C23H21N3O2S2/c1-13-7-9-15(10-8-13)19(16-5-4-12-29-16)25-21(27)20-14(2)18-22(30-20)24-17-6-3-11-26(17)23(18)28/h4-5,7-10,12,19H,3,6,11H2,1-2H3,(H,25,27). The van der Waals surface area contributed by atoms with Gasteiger partial charge in [-0.2, -0.15) is 0 Å². The fourth-order valence-corrected chi connectivity index (χ4v) is 5.92. The van der Waals surface area contributed by atoms with E-state index in [1.807, 2.05) is 31.4 Å². The molecule has 5 rings (SSSR count). The third-order valence-corrected chi connectivity index (χ3v) is 7.75. The van der Waals surface area contributed by atoms with E-state index in [2.05, 4.69) is 34.6 Å². The number of aryl methyl sites for hydroxylation is 3. The van der Waals surface area contributed by atoms with E-state index in [9.17, 15) is 9.59 Å². The van der Waals surface area contributed by atoms with Gasteiger partial charge in [0.2, 0.25) is 0 Å². The smallest absolute Gasteiger partial charge is 0.262 e. The number of nitrogens with zero attached hydrogens (tertiary/aromatic N) is 2. The van der Waals surface area contributed by atoms with Crippen molar-refractivity contribution >= 4 is 38.8 Å². The van der Waals surface area contributed by atoms with Gasteiger partial charge in [-0.25, -0.2) is 4.98 Å². The molecule has 1 aliphatic heterocycles. The Bertz CT molecular complexity index is 1300. The third-order valence-electron chi connectivity index (χ3n) is 5.63. The molecule has 1 N–H and O–H groups in total. The molecule has 0 saturated carbocycles. The summed E-state index contributed by atoms with van der Waals surface area (Å²) in [6.45, 7) is 4.61. The third kappa shape index (κ3) is 3.18. The molecule has 152 valence electrons. The van der Waals surface area contributed by atoms with Gasteiger partial charge in [-0.1, -0.05) is 35.9 Å². The van der Waals surface area contributed by atoms with Crippen LogP contribution in [0.5, 0.6) is 0 Å². The molecule has 30 heavy (non-hydrogen) atoms. The molecule has 4 aromatic rings. The first-order valence-corrected chi connectivity index (χ1v) is 11.7. The second-order valence-electron chi connectivity index (χ2n) is 7.66. The van der Waals surface area contributed by atoms with Crippen LogP contribution >= 0.6 is 22.7 Å². The van der Waals surface area contributed by atoms with Crippen molar-refractivity contribution in [1.82, 2.24) is 14.9 Å². The van der Waals surface area contributed by atoms with E-state index in [1.54, 1.807) is 15.9 Å². The Morgan fingerprint density at radius 2 is 2.00 bits per heavy atom. The van der Waals surface area contributed by atoms with Gasteiger partial charge in [0.15, 0.2) is 0 Å². The van der Waals surface area contributed by atoms with Crippen LogP contribution in [0.15, 0.2) is 46.6 Å². The predicted octanol–water partition coefficient (Wildman–Crippen LogP) is 4.60. The molecule has 1 unspecified atom stereocenters. The van der Waals surface area contributed by atoms with E-state index in [0.717, 1.165) is 34.7 Å². The van der Waals surface area contributed by atoms with Crippen LogP contribution in [0.4, 0.5) is 0 Å². The van der Waals surface area contributed by atoms with Gasteiger partial charge in [-0.15, -0.1) is 22.7 Å². The number of rotatable bonds is 4. The molecule has 0 radical (unpaired) electrons. The Morgan fingerprint density at radius 1 is 1.20 bits per heavy atom. The molecule has 0 fully saturated rings. The average molecular weight is 436 g/mol. The molecule has 0 spiro atoms. The fourth-order valence-electron chi connectivity index (χ4n) is 4.02. The quantitative estimate of drug-likeness (QED) is 0.509. The van der Waals surface area contributed by atoms with E-state index >= 15 is 0 Å². The summed E-state index contributed by atoms with van der Waals surface area (Å²) < 4.78 is 1.75. The van der Waals surface area contributed by atoms with Crippen molar-refractivity contribution in [3.63, 3.8) is 0 Å². The number of thiophene rings is 2. The Kier molecular flexibility index (Phi) is 4.79. The van der Waals surface area contributed by atoms with Gasteiger partial charge in [-0.3, -0.25) is 14.2 Å². The zero-order valence-corrected chi connectivity index (χ0v) is 18.4. The molecule has 0 saturated heterocycles. The minimum atomic E-state index is -0.234. The summed E-state index contributed by atoms with van der Waals surface area (Å²) in [5, 5.41) is 5.79. The van der Waals surface area contributed by atoms with E-state index in [4.69, 9.17) is 0 Å². The maximum absolute atomic E-state index is 13.3. The number of benzene rings is 1. The van der Waals surface area contributed by atoms with Gasteiger partial charge in [0.25, 0.3) is 11.5 Å². The molecule has 4 heterocycles. The lowest BCUT2D eigenvalue weighted by Crippen LogP contribution is -2.28. The first-order chi connectivity index (χ1) is 14.5. The highest BCUT2D eigenvalue weighted by molar-refractivity contribution is 7.20. The largest absolute Gasteiger partial charge is 0.340 e. The molecule has 1 amide bonds. The van der Waals surface area contributed by atoms with Crippen LogP contribution in [0.1, 0.15) is 49.5 Å². The summed E-state index contributed by atoms with van der Waals surface area (Å²) in [4.78, 5) is 33.2. The number of hydrogen-bond donors (Lipinski definition) is 1. The van der Waals surface area contributed by atoms with E-state index in [1.165, 1.54) is 16.9 Å². The predicted molar refractivity (Wildman–Crippen MR) is 122 cm³/mol. The minimum Gasteiger partial charge on any atom is -0.340 e. The Balaban J connectivity index is 1.54. The zero-order valence-electron chi connectivity index (χ0n) is 16.8. The number of aromatic nitrogens is 2. The SMILES string of the molecule is Cc1ccc(C(NC(=O)c2sc3nc4n(c(=O)c3c2C)CCC4)c2cccs2)cc1. The van der Waals surface area contributed by atoms with E-state index in [-0.39, 0.29) is 17.5 Å². The topological polar surface area (TPSA) is 64.0 Å². The molecule has 7 heteroatoms. The highest BCUT2D eigenvalue weighted by Crippen LogP contribution is 2.31. The molecule has 3 aromatic heterocycles. The maximum atomic E-state index is 13.3. The van der Waals surface area contributed by atoms with Crippen molar-refractivity contribution in [3.8, 4) is 0 Å². The second-order valence-corrected chi connectivity index (χ2v) is 9.64. The van der Waals surface area contributed by atoms with Crippen LogP contribution in [-0.2, 0) is 13.0 Å². The summed E-state index contributed by atoms with van der Waals surface area (Å²) in [5.41, 5.74) is 2.91. The molecule has 0 aliphatic carbocycles. The summed E-state index contributed by atoms with van der Waals surface area (Å²) in [5.74, 6) is 0.663. The van der Waals surface area contributed by atoms with Crippen LogP contribution in [0.3, 0.4) is 0 Å². The van der Waals surface area contributed by atoms with E-state index < -0.39 is 0 Å². The lowest BCUT2D eigenvalue weighted by molar-refractivity contribution is 0.0947. The number of carbonyl (C=O) groups is 1. The molecular weight excluding hydrogens is 414 g/mol. The molecular formula is C23H21N3O2S2. The summed E-state index contributed by atoms with van der Waals surface area (Å²) in [7, 11) is 0. The second kappa shape index (κ2) is 7.49. The van der Waals surface area contributed by atoms with Crippen LogP contribution < -0.4 is 10.9 Å². The molecule has 1 aromatic carbocycles. The molecule has 1 atom stereocenters. The summed E-state index contributed by atoms with van der Waals surface area (Å²) in [6.07, 6.45) is 1.77. The zero-order chi connectivity index (χ0) is 20.8. The van der Waals surface area contributed by atoms with Crippen molar-refractivity contribution in [3.05, 3.63) is 84.4 Å². The lowest BCUT2D eigenvalue weighted by Gasteiger charge is -2.18. The first-order valence-electron chi connectivity index (χ1n) is 9.96. The molecule has 1 aliphatic rings. The normalized spacial score (nSPS) is 14.1. The van der Waals surface area contributed by atoms with Crippen LogP contribution in [0.2, 0.25) is 0 Å². The van der Waals surface area contributed by atoms with Gasteiger partial charge < -0.3 is 5.32 Å². The van der Waals surface area contributed by atoms with Crippen LogP contribution in [0.25, 0.3) is 10.2 Å². The average Bonchev–Trinajstić information content (AvgIpc) is 3.47. The van der Waals surface area contributed by atoms with Gasteiger partial charge in [0, 0.05) is 17.8 Å². The Hall–Kier alpha value is -2.77. The highest BCUT2D eigenvalue weighted by Gasteiger charge is 2.25. The first kappa shape index (κ1) is 19.2. The number of amides is 1. The monoisotopic (exact) mass is 435 g/mol. The number of hydrogen-bond acceptors (Lipinski definition) is 5. The summed E-state index contributed by atoms with van der Waals surface area (Å²) in [6, 6.07) is 12.0. The Labute approximate surface area is 182 Å². The van der Waals surface area contributed by atoms with Crippen molar-refractivity contribution in [2.75, 3.05) is 0 Å². The van der Waals surface area contributed by atoms with Crippen molar-refractivity contribution in [2.45, 2.75) is 39.3 Å². The van der Waals surface area contributed by atoms with Gasteiger partial charge in [0.1, 0.15) is 10.7 Å². The highest BCUT2D eigenvalue weighted by atomic mass is 32.1. The fraction of sp³-hybridized carbons (Fsp3) is 0.261.